The summed E-state index contributed by atoms with van der Waals surface area (Å²) in [7, 11) is 0. The SMILES string of the molecule is O=C(Cc1cccc(OCc2ccccc2)c1)OC1(c2ccccc2)CCC[NH2+]C1. The van der Waals surface area contributed by atoms with Gasteiger partial charge < -0.3 is 14.8 Å². The summed E-state index contributed by atoms with van der Waals surface area (Å²) in [6.45, 7) is 2.34. The quantitative estimate of drug-likeness (QED) is 0.615. The van der Waals surface area contributed by atoms with Crippen LogP contribution in [0.15, 0.2) is 84.9 Å². The van der Waals surface area contributed by atoms with E-state index in [1.165, 1.54) is 0 Å². The maximum atomic E-state index is 12.9. The molecule has 1 aliphatic rings. The third kappa shape index (κ3) is 5.08. The van der Waals surface area contributed by atoms with Crippen LogP contribution in [-0.4, -0.2) is 19.1 Å². The van der Waals surface area contributed by atoms with Crippen molar-refractivity contribution in [3.63, 3.8) is 0 Å². The maximum Gasteiger partial charge on any atom is 0.311 e. The van der Waals surface area contributed by atoms with Gasteiger partial charge in [-0.25, -0.2) is 0 Å². The van der Waals surface area contributed by atoms with Crippen molar-refractivity contribution in [2.75, 3.05) is 13.1 Å². The average Bonchev–Trinajstić information content (AvgIpc) is 2.80. The number of piperidine rings is 1. The van der Waals surface area contributed by atoms with Gasteiger partial charge >= 0.3 is 5.97 Å². The number of rotatable bonds is 7. The van der Waals surface area contributed by atoms with Crippen molar-refractivity contribution >= 4 is 5.97 Å². The highest BCUT2D eigenvalue weighted by molar-refractivity contribution is 5.73. The van der Waals surface area contributed by atoms with Crippen molar-refractivity contribution in [2.24, 2.45) is 0 Å². The molecule has 1 aliphatic heterocycles. The summed E-state index contributed by atoms with van der Waals surface area (Å²) in [6.07, 6.45) is 2.13. The zero-order valence-corrected chi connectivity index (χ0v) is 17.1. The lowest BCUT2D eigenvalue weighted by molar-refractivity contribution is -0.678. The standard InChI is InChI=1S/C26H27NO3/c28-25(30-26(15-8-16-27-20-26)23-12-5-2-6-13-23)18-22-11-7-14-24(17-22)29-19-21-9-3-1-4-10-21/h1-7,9-14,17,27H,8,15-16,18-20H2/p+1. The van der Waals surface area contributed by atoms with Gasteiger partial charge in [-0.05, 0) is 23.3 Å². The molecule has 4 rings (SSSR count). The first-order valence-corrected chi connectivity index (χ1v) is 10.6. The van der Waals surface area contributed by atoms with E-state index in [4.69, 9.17) is 9.47 Å². The summed E-state index contributed by atoms with van der Waals surface area (Å²) in [5.74, 6) is 0.558. The van der Waals surface area contributed by atoms with Crippen LogP contribution in [0.4, 0.5) is 0 Å². The number of esters is 1. The van der Waals surface area contributed by atoms with Gasteiger partial charge in [-0.3, -0.25) is 4.79 Å². The first-order chi connectivity index (χ1) is 14.7. The third-order valence-electron chi connectivity index (χ3n) is 5.57. The lowest BCUT2D eigenvalue weighted by Gasteiger charge is -2.35. The Morgan fingerprint density at radius 1 is 0.900 bits per heavy atom. The molecule has 1 saturated heterocycles. The molecule has 2 N–H and O–H groups in total. The third-order valence-corrected chi connectivity index (χ3v) is 5.57. The Bertz CT molecular complexity index is 950. The van der Waals surface area contributed by atoms with Crippen LogP contribution in [0.3, 0.4) is 0 Å². The number of hydrogen-bond acceptors (Lipinski definition) is 3. The first kappa shape index (κ1) is 20.2. The van der Waals surface area contributed by atoms with Gasteiger partial charge in [0.15, 0.2) is 5.60 Å². The van der Waals surface area contributed by atoms with E-state index in [9.17, 15) is 4.79 Å². The number of quaternary nitrogens is 1. The Labute approximate surface area is 177 Å². The van der Waals surface area contributed by atoms with Crippen molar-refractivity contribution in [2.45, 2.75) is 31.5 Å². The van der Waals surface area contributed by atoms with E-state index in [1.54, 1.807) is 0 Å². The molecule has 0 radical (unpaired) electrons. The molecular weight excluding hydrogens is 374 g/mol. The molecule has 1 atom stereocenters. The average molecular weight is 403 g/mol. The molecule has 0 aromatic heterocycles. The molecule has 0 bridgehead atoms. The molecule has 4 heteroatoms. The van der Waals surface area contributed by atoms with Crippen LogP contribution < -0.4 is 10.1 Å². The monoisotopic (exact) mass is 402 g/mol. The Balaban J connectivity index is 1.41. The second-order valence-electron chi connectivity index (χ2n) is 7.82. The number of hydrogen-bond donors (Lipinski definition) is 1. The van der Waals surface area contributed by atoms with Gasteiger partial charge in [0.2, 0.25) is 0 Å². The summed E-state index contributed by atoms with van der Waals surface area (Å²) in [5.41, 5.74) is 2.54. The molecule has 0 amide bonds. The number of carbonyl (C=O) groups is 1. The molecule has 0 spiro atoms. The van der Waals surface area contributed by atoms with Gasteiger partial charge in [0, 0.05) is 18.4 Å². The molecule has 1 unspecified atom stereocenters. The van der Waals surface area contributed by atoms with E-state index in [-0.39, 0.29) is 12.4 Å². The van der Waals surface area contributed by atoms with Gasteiger partial charge in [0.1, 0.15) is 18.9 Å². The van der Waals surface area contributed by atoms with Crippen LogP contribution in [0.5, 0.6) is 5.75 Å². The van der Waals surface area contributed by atoms with Crippen molar-refractivity contribution < 1.29 is 19.6 Å². The summed E-state index contributed by atoms with van der Waals surface area (Å²) in [5, 5.41) is 2.24. The van der Waals surface area contributed by atoms with Crippen molar-refractivity contribution in [3.05, 3.63) is 102 Å². The molecule has 1 fully saturated rings. The summed E-state index contributed by atoms with van der Waals surface area (Å²) >= 11 is 0. The second kappa shape index (κ2) is 9.59. The number of benzene rings is 3. The number of carbonyl (C=O) groups excluding carboxylic acids is 1. The largest absolute Gasteiger partial charge is 0.489 e. The van der Waals surface area contributed by atoms with E-state index < -0.39 is 5.60 Å². The number of ether oxygens (including phenoxy) is 2. The molecule has 1 heterocycles. The van der Waals surface area contributed by atoms with Crippen molar-refractivity contribution in [1.82, 2.24) is 0 Å². The predicted octanol–water partition coefficient (Wildman–Crippen LogP) is 3.60. The fourth-order valence-corrected chi connectivity index (χ4v) is 4.03. The Kier molecular flexibility index (Phi) is 6.45. The highest BCUT2D eigenvalue weighted by Crippen LogP contribution is 2.31. The van der Waals surface area contributed by atoms with E-state index in [0.29, 0.717) is 6.61 Å². The van der Waals surface area contributed by atoms with Gasteiger partial charge in [0.25, 0.3) is 0 Å². The van der Waals surface area contributed by atoms with E-state index in [0.717, 1.165) is 48.4 Å². The molecule has 3 aromatic rings. The highest BCUT2D eigenvalue weighted by Gasteiger charge is 2.40. The summed E-state index contributed by atoms with van der Waals surface area (Å²) in [4.78, 5) is 12.9. The fourth-order valence-electron chi connectivity index (χ4n) is 4.03. The minimum absolute atomic E-state index is 0.200. The molecule has 0 aliphatic carbocycles. The van der Waals surface area contributed by atoms with Gasteiger partial charge in [-0.2, -0.15) is 0 Å². The topological polar surface area (TPSA) is 52.1 Å². The first-order valence-electron chi connectivity index (χ1n) is 10.6. The second-order valence-corrected chi connectivity index (χ2v) is 7.82. The Hall–Kier alpha value is -3.11. The van der Waals surface area contributed by atoms with Gasteiger partial charge in [0.05, 0.1) is 13.0 Å². The Morgan fingerprint density at radius 2 is 1.63 bits per heavy atom. The Morgan fingerprint density at radius 3 is 2.37 bits per heavy atom. The highest BCUT2D eigenvalue weighted by atomic mass is 16.6. The van der Waals surface area contributed by atoms with Crippen molar-refractivity contribution in [3.8, 4) is 5.75 Å². The van der Waals surface area contributed by atoms with Crippen LogP contribution >= 0.6 is 0 Å². The van der Waals surface area contributed by atoms with E-state index in [1.807, 2.05) is 72.8 Å². The normalized spacial score (nSPS) is 18.5. The number of nitrogens with two attached hydrogens (primary N) is 1. The van der Waals surface area contributed by atoms with Gasteiger partial charge in [-0.15, -0.1) is 0 Å². The minimum atomic E-state index is -0.544. The smallest absolute Gasteiger partial charge is 0.311 e. The molecule has 154 valence electrons. The zero-order chi connectivity index (χ0) is 20.7. The lowest BCUT2D eigenvalue weighted by atomic mass is 9.86. The zero-order valence-electron chi connectivity index (χ0n) is 17.1. The predicted molar refractivity (Wildman–Crippen MR) is 116 cm³/mol. The molecule has 0 saturated carbocycles. The van der Waals surface area contributed by atoms with Crippen LogP contribution in [0.2, 0.25) is 0 Å². The molecule has 4 nitrogen and oxygen atoms in total. The maximum absolute atomic E-state index is 12.9. The van der Waals surface area contributed by atoms with E-state index >= 15 is 0 Å². The molecule has 3 aromatic carbocycles. The van der Waals surface area contributed by atoms with Crippen LogP contribution in [0.25, 0.3) is 0 Å². The summed E-state index contributed by atoms with van der Waals surface area (Å²) in [6, 6.07) is 27.9. The molecular formula is C26H28NO3+. The minimum Gasteiger partial charge on any atom is -0.489 e. The van der Waals surface area contributed by atoms with E-state index in [2.05, 4.69) is 17.4 Å². The summed E-state index contributed by atoms with van der Waals surface area (Å²) < 4.78 is 12.0. The lowest BCUT2D eigenvalue weighted by Crippen LogP contribution is -2.90. The van der Waals surface area contributed by atoms with Crippen LogP contribution in [0.1, 0.15) is 29.5 Å². The van der Waals surface area contributed by atoms with Crippen LogP contribution in [-0.2, 0) is 28.2 Å². The molecule has 30 heavy (non-hydrogen) atoms. The van der Waals surface area contributed by atoms with Gasteiger partial charge in [-0.1, -0.05) is 72.8 Å². The van der Waals surface area contributed by atoms with Crippen LogP contribution in [0, 0.1) is 0 Å². The van der Waals surface area contributed by atoms with Crippen molar-refractivity contribution in [1.29, 1.82) is 0 Å². The fraction of sp³-hybridized carbons (Fsp3) is 0.269.